The first-order valence-corrected chi connectivity index (χ1v) is 8.92. The Labute approximate surface area is 130 Å². The van der Waals surface area contributed by atoms with E-state index in [1.807, 2.05) is 0 Å². The molecule has 1 aliphatic carbocycles. The summed E-state index contributed by atoms with van der Waals surface area (Å²) in [6, 6.07) is 2.38. The van der Waals surface area contributed by atoms with Crippen molar-refractivity contribution < 1.29 is 12.8 Å². The third kappa shape index (κ3) is 4.16. The molecule has 1 aliphatic rings. The van der Waals surface area contributed by atoms with Gasteiger partial charge in [0.15, 0.2) is 0 Å². The minimum Gasteiger partial charge on any atom is -0.316 e. The maximum Gasteiger partial charge on any atom is 0.240 e. The van der Waals surface area contributed by atoms with Crippen LogP contribution >= 0.6 is 11.6 Å². The van der Waals surface area contributed by atoms with E-state index in [9.17, 15) is 12.8 Å². The lowest BCUT2D eigenvalue weighted by Crippen LogP contribution is -2.28. The molecule has 2 N–H and O–H groups in total. The molecule has 0 bridgehead atoms. The third-order valence-corrected chi connectivity index (χ3v) is 5.69. The van der Waals surface area contributed by atoms with Crippen LogP contribution in [0.5, 0.6) is 0 Å². The Morgan fingerprint density at radius 1 is 1.38 bits per heavy atom. The SMILES string of the molecule is CNCc1cc(S(=O)(=O)NCCC2CCC2)cc(F)c1Cl. The summed E-state index contributed by atoms with van der Waals surface area (Å²) in [5, 5.41) is 2.79. The zero-order valence-electron chi connectivity index (χ0n) is 12.0. The van der Waals surface area contributed by atoms with Gasteiger partial charge in [0.05, 0.1) is 9.92 Å². The Morgan fingerprint density at radius 2 is 2.10 bits per heavy atom. The number of rotatable bonds is 7. The second-order valence-corrected chi connectivity index (χ2v) is 7.54. The summed E-state index contributed by atoms with van der Waals surface area (Å²) in [4.78, 5) is -0.0803. The van der Waals surface area contributed by atoms with E-state index in [2.05, 4.69) is 10.0 Å². The van der Waals surface area contributed by atoms with Crippen LogP contribution in [0.1, 0.15) is 31.2 Å². The van der Waals surface area contributed by atoms with E-state index >= 15 is 0 Å². The quantitative estimate of drug-likeness (QED) is 0.806. The molecule has 0 saturated heterocycles. The first-order valence-electron chi connectivity index (χ1n) is 7.06. The molecule has 1 aromatic carbocycles. The van der Waals surface area contributed by atoms with Crippen LogP contribution in [-0.4, -0.2) is 22.0 Å². The van der Waals surface area contributed by atoms with Crippen molar-refractivity contribution in [3.63, 3.8) is 0 Å². The van der Waals surface area contributed by atoms with Crippen molar-refractivity contribution in [3.8, 4) is 0 Å². The van der Waals surface area contributed by atoms with Gasteiger partial charge in [0, 0.05) is 13.1 Å². The fraction of sp³-hybridized carbons (Fsp3) is 0.571. The summed E-state index contributed by atoms with van der Waals surface area (Å²) in [6.45, 7) is 0.694. The lowest BCUT2D eigenvalue weighted by molar-refractivity contribution is 0.297. The molecule has 4 nitrogen and oxygen atoms in total. The van der Waals surface area contributed by atoms with Gasteiger partial charge in [0.2, 0.25) is 10.0 Å². The smallest absolute Gasteiger partial charge is 0.240 e. The number of nitrogens with one attached hydrogen (secondary N) is 2. The van der Waals surface area contributed by atoms with Crippen LogP contribution in [0.3, 0.4) is 0 Å². The Kier molecular flexibility index (Phi) is 5.60. The highest BCUT2D eigenvalue weighted by Crippen LogP contribution is 2.29. The first-order chi connectivity index (χ1) is 9.94. The molecule has 0 heterocycles. The summed E-state index contributed by atoms with van der Waals surface area (Å²) in [5.41, 5.74) is 0.429. The van der Waals surface area contributed by atoms with Crippen LogP contribution in [0, 0.1) is 11.7 Å². The summed E-state index contributed by atoms with van der Waals surface area (Å²) in [6.07, 6.45) is 4.40. The van der Waals surface area contributed by atoms with E-state index < -0.39 is 15.8 Å². The van der Waals surface area contributed by atoms with Crippen molar-refractivity contribution in [1.29, 1.82) is 0 Å². The summed E-state index contributed by atoms with van der Waals surface area (Å²) in [7, 11) is -2.01. The van der Waals surface area contributed by atoms with E-state index in [4.69, 9.17) is 11.6 Å². The van der Waals surface area contributed by atoms with Crippen LogP contribution in [-0.2, 0) is 16.6 Å². The predicted octanol–water partition coefficient (Wildman–Crippen LogP) is 2.67. The Morgan fingerprint density at radius 3 is 2.67 bits per heavy atom. The molecule has 118 valence electrons. The van der Waals surface area contributed by atoms with Gasteiger partial charge in [-0.05, 0) is 37.1 Å². The van der Waals surface area contributed by atoms with Crippen molar-refractivity contribution in [1.82, 2.24) is 10.0 Å². The van der Waals surface area contributed by atoms with Crippen LogP contribution < -0.4 is 10.0 Å². The van der Waals surface area contributed by atoms with E-state index in [1.54, 1.807) is 7.05 Å². The molecular formula is C14H20ClFN2O2S. The first kappa shape index (κ1) is 16.7. The largest absolute Gasteiger partial charge is 0.316 e. The molecule has 1 fully saturated rings. The monoisotopic (exact) mass is 334 g/mol. The Bertz CT molecular complexity index is 603. The van der Waals surface area contributed by atoms with Gasteiger partial charge >= 0.3 is 0 Å². The summed E-state index contributed by atoms with van der Waals surface area (Å²) < 4.78 is 40.7. The minimum absolute atomic E-state index is 0.0437. The van der Waals surface area contributed by atoms with Crippen LogP contribution in [0.4, 0.5) is 4.39 Å². The van der Waals surface area contributed by atoms with Gasteiger partial charge in [-0.2, -0.15) is 0 Å². The zero-order chi connectivity index (χ0) is 15.5. The average molecular weight is 335 g/mol. The van der Waals surface area contributed by atoms with Gasteiger partial charge in [-0.15, -0.1) is 0 Å². The van der Waals surface area contributed by atoms with Crippen LogP contribution in [0.2, 0.25) is 5.02 Å². The number of hydrogen-bond donors (Lipinski definition) is 2. The molecule has 0 amide bonds. The molecule has 1 saturated carbocycles. The zero-order valence-corrected chi connectivity index (χ0v) is 13.5. The van der Waals surface area contributed by atoms with Gasteiger partial charge in [-0.1, -0.05) is 30.9 Å². The van der Waals surface area contributed by atoms with Gasteiger partial charge < -0.3 is 5.32 Å². The fourth-order valence-electron chi connectivity index (χ4n) is 2.35. The maximum atomic E-state index is 13.8. The molecule has 0 aliphatic heterocycles. The molecule has 21 heavy (non-hydrogen) atoms. The number of benzene rings is 1. The Balaban J connectivity index is 2.10. The van der Waals surface area contributed by atoms with E-state index in [0.29, 0.717) is 24.6 Å². The molecule has 0 spiro atoms. The molecule has 0 radical (unpaired) electrons. The molecular weight excluding hydrogens is 315 g/mol. The van der Waals surface area contributed by atoms with E-state index in [1.165, 1.54) is 25.3 Å². The van der Waals surface area contributed by atoms with Crippen LogP contribution in [0.25, 0.3) is 0 Å². The van der Waals surface area contributed by atoms with Gasteiger partial charge in [0.25, 0.3) is 0 Å². The molecule has 0 unspecified atom stereocenters. The predicted molar refractivity (Wildman–Crippen MR) is 81.3 cm³/mol. The highest BCUT2D eigenvalue weighted by Gasteiger charge is 2.21. The van der Waals surface area contributed by atoms with Crippen molar-refractivity contribution >= 4 is 21.6 Å². The normalized spacial score (nSPS) is 16.0. The van der Waals surface area contributed by atoms with E-state index in [-0.39, 0.29) is 9.92 Å². The highest BCUT2D eigenvalue weighted by molar-refractivity contribution is 7.89. The molecule has 2 rings (SSSR count). The number of hydrogen-bond acceptors (Lipinski definition) is 3. The molecule has 7 heteroatoms. The summed E-state index contributed by atoms with van der Waals surface area (Å²) in [5.74, 6) is -0.0988. The van der Waals surface area contributed by atoms with Crippen molar-refractivity contribution in [2.24, 2.45) is 5.92 Å². The Hall–Kier alpha value is -0.690. The second-order valence-electron chi connectivity index (χ2n) is 5.39. The second kappa shape index (κ2) is 7.05. The van der Waals surface area contributed by atoms with Gasteiger partial charge in [-0.3, -0.25) is 0 Å². The lowest BCUT2D eigenvalue weighted by Gasteiger charge is -2.25. The van der Waals surface area contributed by atoms with Crippen molar-refractivity contribution in [2.45, 2.75) is 37.1 Å². The number of halogens is 2. The van der Waals surface area contributed by atoms with Gasteiger partial charge in [0.1, 0.15) is 5.82 Å². The maximum absolute atomic E-state index is 13.8. The highest BCUT2D eigenvalue weighted by atomic mass is 35.5. The molecule has 0 aromatic heterocycles. The standard InChI is InChI=1S/C14H20ClFN2O2S/c1-17-9-11-7-12(8-13(16)14(11)15)21(19,20)18-6-5-10-3-2-4-10/h7-8,10,17-18H,2-6,9H2,1H3. The van der Waals surface area contributed by atoms with Crippen molar-refractivity contribution in [2.75, 3.05) is 13.6 Å². The van der Waals surface area contributed by atoms with E-state index in [0.717, 1.165) is 12.5 Å². The van der Waals surface area contributed by atoms with Crippen LogP contribution in [0.15, 0.2) is 17.0 Å². The molecule has 0 atom stereocenters. The summed E-state index contributed by atoms with van der Waals surface area (Å²) >= 11 is 5.84. The van der Waals surface area contributed by atoms with Crippen molar-refractivity contribution in [3.05, 3.63) is 28.5 Å². The molecule has 1 aromatic rings. The third-order valence-electron chi connectivity index (χ3n) is 3.82. The van der Waals surface area contributed by atoms with Gasteiger partial charge in [-0.25, -0.2) is 17.5 Å². The fourth-order valence-corrected chi connectivity index (χ4v) is 3.64. The minimum atomic E-state index is -3.70. The number of sulfonamides is 1. The average Bonchev–Trinajstić information content (AvgIpc) is 2.37. The topological polar surface area (TPSA) is 58.2 Å². The lowest BCUT2D eigenvalue weighted by atomic mass is 9.83.